The van der Waals surface area contributed by atoms with Crippen LogP contribution in [0.1, 0.15) is 19.4 Å². The molecule has 0 spiro atoms. The zero-order valence-electron chi connectivity index (χ0n) is 15.3. The maximum absolute atomic E-state index is 12.8. The monoisotopic (exact) mass is 456 g/mol. The van der Waals surface area contributed by atoms with Crippen molar-refractivity contribution >= 4 is 50.2 Å². The molecule has 0 saturated carbocycles. The first-order valence-electron chi connectivity index (χ1n) is 8.61. The number of hydrogen-bond donors (Lipinski definition) is 1. The van der Waals surface area contributed by atoms with Crippen molar-refractivity contribution in [2.24, 2.45) is 0 Å². The first-order valence-corrected chi connectivity index (χ1v) is 10.3. The molecule has 0 aliphatic heterocycles. The highest BCUT2D eigenvalue weighted by Crippen LogP contribution is 2.25. The Bertz CT molecular complexity index is 1150. The Kier molecular flexibility index (Phi) is 6.17. The smallest absolute Gasteiger partial charge is 0.262 e. The molecule has 0 saturated heterocycles. The fourth-order valence-corrected chi connectivity index (χ4v) is 4.01. The number of amides is 1. The van der Waals surface area contributed by atoms with Crippen molar-refractivity contribution in [2.45, 2.75) is 30.8 Å². The standard InChI is InChI=1S/C20H17BrN4O2S/c1-3-25-19(27)15-10-14(21)8-9-17(15)24-20(25)28-12(2)18(26)23-16-7-5-4-6-13(16)11-22/h4-10,12H,3H2,1-2H3,(H,23,26). The number of rotatable bonds is 5. The third-order valence-electron chi connectivity index (χ3n) is 4.15. The van der Waals surface area contributed by atoms with Crippen LogP contribution in [-0.4, -0.2) is 20.7 Å². The summed E-state index contributed by atoms with van der Waals surface area (Å²) in [5.41, 5.74) is 1.31. The van der Waals surface area contributed by atoms with Crippen LogP contribution in [0, 0.1) is 11.3 Å². The van der Waals surface area contributed by atoms with Crippen LogP contribution in [-0.2, 0) is 11.3 Å². The second-order valence-corrected chi connectivity index (χ2v) is 8.24. The van der Waals surface area contributed by atoms with Gasteiger partial charge in [0.2, 0.25) is 5.91 Å². The van der Waals surface area contributed by atoms with Crippen LogP contribution in [0.2, 0.25) is 0 Å². The Morgan fingerprint density at radius 1 is 1.36 bits per heavy atom. The lowest BCUT2D eigenvalue weighted by atomic mass is 10.2. The molecule has 28 heavy (non-hydrogen) atoms. The number of carbonyl (C=O) groups excluding carboxylic acids is 1. The number of halogens is 1. The van der Waals surface area contributed by atoms with Crippen molar-refractivity contribution < 1.29 is 4.79 Å². The number of fused-ring (bicyclic) bond motifs is 1. The van der Waals surface area contributed by atoms with Crippen LogP contribution in [0.3, 0.4) is 0 Å². The van der Waals surface area contributed by atoms with Gasteiger partial charge in [0.25, 0.3) is 5.56 Å². The molecule has 6 nitrogen and oxygen atoms in total. The molecule has 0 bridgehead atoms. The lowest BCUT2D eigenvalue weighted by molar-refractivity contribution is -0.115. The van der Waals surface area contributed by atoms with Gasteiger partial charge in [0.1, 0.15) is 6.07 Å². The number of anilines is 1. The SMILES string of the molecule is CCn1c(SC(C)C(=O)Nc2ccccc2C#N)nc2ccc(Br)cc2c1=O. The fourth-order valence-electron chi connectivity index (χ4n) is 2.68. The second-order valence-electron chi connectivity index (χ2n) is 6.01. The van der Waals surface area contributed by atoms with E-state index >= 15 is 0 Å². The number of carbonyl (C=O) groups is 1. The van der Waals surface area contributed by atoms with Gasteiger partial charge < -0.3 is 5.32 Å². The van der Waals surface area contributed by atoms with Gasteiger partial charge in [0.15, 0.2) is 5.16 Å². The average Bonchev–Trinajstić information content (AvgIpc) is 2.69. The molecular weight excluding hydrogens is 440 g/mol. The summed E-state index contributed by atoms with van der Waals surface area (Å²) in [5.74, 6) is -0.263. The summed E-state index contributed by atoms with van der Waals surface area (Å²) in [6.45, 7) is 4.06. The molecule has 1 atom stereocenters. The quantitative estimate of drug-likeness (QED) is 0.459. The van der Waals surface area contributed by atoms with Gasteiger partial charge in [-0.25, -0.2) is 4.98 Å². The topological polar surface area (TPSA) is 87.8 Å². The number of para-hydroxylation sites is 1. The minimum atomic E-state index is -0.510. The van der Waals surface area contributed by atoms with Gasteiger partial charge in [-0.2, -0.15) is 5.26 Å². The van der Waals surface area contributed by atoms with Crippen molar-refractivity contribution in [2.75, 3.05) is 5.32 Å². The Morgan fingerprint density at radius 2 is 2.11 bits per heavy atom. The number of aromatic nitrogens is 2. The Labute approximate surface area is 174 Å². The third kappa shape index (κ3) is 4.11. The summed E-state index contributed by atoms with van der Waals surface area (Å²) in [5, 5.41) is 12.4. The van der Waals surface area contributed by atoms with E-state index < -0.39 is 5.25 Å². The molecule has 3 rings (SSSR count). The van der Waals surface area contributed by atoms with Crippen LogP contribution < -0.4 is 10.9 Å². The molecule has 8 heteroatoms. The molecule has 0 fully saturated rings. The Hall–Kier alpha value is -2.63. The minimum absolute atomic E-state index is 0.140. The molecule has 1 unspecified atom stereocenters. The fraction of sp³-hybridized carbons (Fsp3) is 0.200. The van der Waals surface area contributed by atoms with Crippen molar-refractivity contribution in [3.8, 4) is 6.07 Å². The van der Waals surface area contributed by atoms with E-state index in [1.807, 2.05) is 13.0 Å². The summed E-state index contributed by atoms with van der Waals surface area (Å²) in [7, 11) is 0. The lowest BCUT2D eigenvalue weighted by Gasteiger charge is -2.16. The first-order chi connectivity index (χ1) is 13.4. The molecule has 0 radical (unpaired) electrons. The number of nitrogens with one attached hydrogen (secondary N) is 1. The van der Waals surface area contributed by atoms with Gasteiger partial charge >= 0.3 is 0 Å². The van der Waals surface area contributed by atoms with E-state index in [2.05, 4.69) is 32.3 Å². The Morgan fingerprint density at radius 3 is 2.82 bits per heavy atom. The summed E-state index contributed by atoms with van der Waals surface area (Å²) < 4.78 is 2.37. The van der Waals surface area contributed by atoms with Crippen LogP contribution in [0.15, 0.2) is 56.9 Å². The third-order valence-corrected chi connectivity index (χ3v) is 5.74. The van der Waals surface area contributed by atoms with E-state index in [-0.39, 0.29) is 11.5 Å². The van der Waals surface area contributed by atoms with Crippen LogP contribution in [0.4, 0.5) is 5.69 Å². The summed E-state index contributed by atoms with van der Waals surface area (Å²) in [4.78, 5) is 30.0. The van der Waals surface area contributed by atoms with Crippen LogP contribution in [0.5, 0.6) is 0 Å². The molecule has 1 heterocycles. The largest absolute Gasteiger partial charge is 0.324 e. The molecule has 1 N–H and O–H groups in total. The normalized spacial score (nSPS) is 11.8. The van der Waals surface area contributed by atoms with Gasteiger partial charge in [-0.05, 0) is 44.2 Å². The van der Waals surface area contributed by atoms with E-state index in [4.69, 9.17) is 5.26 Å². The van der Waals surface area contributed by atoms with Crippen molar-refractivity contribution in [1.82, 2.24) is 9.55 Å². The number of nitriles is 1. The van der Waals surface area contributed by atoms with Gasteiger partial charge in [-0.3, -0.25) is 14.2 Å². The molecule has 1 amide bonds. The highest BCUT2D eigenvalue weighted by atomic mass is 79.9. The molecule has 3 aromatic rings. The van der Waals surface area contributed by atoms with Crippen molar-refractivity contribution in [1.29, 1.82) is 5.26 Å². The molecule has 1 aromatic heterocycles. The predicted molar refractivity (Wildman–Crippen MR) is 114 cm³/mol. The van der Waals surface area contributed by atoms with E-state index in [0.29, 0.717) is 33.9 Å². The first kappa shape index (κ1) is 20.1. The van der Waals surface area contributed by atoms with Gasteiger partial charge in [-0.1, -0.05) is 39.8 Å². The predicted octanol–water partition coefficient (Wildman–Crippen LogP) is 4.17. The van der Waals surface area contributed by atoms with E-state index in [1.54, 1.807) is 47.9 Å². The average molecular weight is 457 g/mol. The highest BCUT2D eigenvalue weighted by Gasteiger charge is 2.20. The Balaban J connectivity index is 1.89. The molecule has 2 aromatic carbocycles. The lowest BCUT2D eigenvalue weighted by Crippen LogP contribution is -2.26. The van der Waals surface area contributed by atoms with Gasteiger partial charge in [0.05, 0.1) is 27.4 Å². The molecule has 0 aliphatic rings. The van der Waals surface area contributed by atoms with Crippen molar-refractivity contribution in [3.63, 3.8) is 0 Å². The zero-order valence-corrected chi connectivity index (χ0v) is 17.7. The van der Waals surface area contributed by atoms with Gasteiger partial charge in [-0.15, -0.1) is 0 Å². The molecule has 142 valence electrons. The summed E-state index contributed by atoms with van der Waals surface area (Å²) >= 11 is 4.59. The van der Waals surface area contributed by atoms with E-state index in [0.717, 1.165) is 4.47 Å². The van der Waals surface area contributed by atoms with Crippen molar-refractivity contribution in [3.05, 3.63) is 62.9 Å². The number of nitrogens with zero attached hydrogens (tertiary/aromatic N) is 3. The number of benzene rings is 2. The van der Waals surface area contributed by atoms with Gasteiger partial charge in [0, 0.05) is 11.0 Å². The molecule has 0 aliphatic carbocycles. The summed E-state index contributed by atoms with van der Waals surface area (Å²) in [6.07, 6.45) is 0. The number of thioether (sulfide) groups is 1. The number of hydrogen-bond acceptors (Lipinski definition) is 5. The summed E-state index contributed by atoms with van der Waals surface area (Å²) in [6, 6.07) is 14.2. The maximum Gasteiger partial charge on any atom is 0.262 e. The highest BCUT2D eigenvalue weighted by molar-refractivity contribution is 9.10. The van der Waals surface area contributed by atoms with E-state index in [1.165, 1.54) is 11.8 Å². The molecular formula is C20H17BrN4O2S. The van der Waals surface area contributed by atoms with Crippen LogP contribution in [0.25, 0.3) is 10.9 Å². The second kappa shape index (κ2) is 8.59. The van der Waals surface area contributed by atoms with Crippen LogP contribution >= 0.6 is 27.7 Å². The maximum atomic E-state index is 12.8. The zero-order chi connectivity index (χ0) is 20.3. The minimum Gasteiger partial charge on any atom is -0.324 e. The van der Waals surface area contributed by atoms with E-state index in [9.17, 15) is 9.59 Å².